The molecule has 0 aromatic carbocycles. The smallest absolute Gasteiger partial charge is 0.305 e. The first kappa shape index (κ1) is 23.4. The summed E-state index contributed by atoms with van der Waals surface area (Å²) in [5.74, 6) is -0.290. The lowest BCUT2D eigenvalue weighted by Gasteiger charge is -2.08. The predicted molar refractivity (Wildman–Crippen MR) is 103 cm³/mol. The molecular weight excluding hydrogens is 332 g/mol. The Balaban J connectivity index is 1.79. The molecule has 1 aliphatic heterocycles. The van der Waals surface area contributed by atoms with Crippen molar-refractivity contribution in [2.24, 2.45) is 0 Å². The summed E-state index contributed by atoms with van der Waals surface area (Å²) in [6.07, 6.45) is 16.4. The largest absolute Gasteiger partial charge is 0.463 e. The number of aliphatic hydroxyl groups is 2. The second-order valence-corrected chi connectivity index (χ2v) is 7.60. The summed E-state index contributed by atoms with van der Waals surface area (Å²) in [6.45, 7) is 1.76. The Labute approximate surface area is 159 Å². The minimum absolute atomic E-state index is 0.114. The molecule has 0 aromatic heterocycles. The number of carbonyl (C=O) groups excluding carboxylic acids is 1. The maximum Gasteiger partial charge on any atom is 0.305 e. The third-order valence-electron chi connectivity index (χ3n) is 5.05. The third-order valence-corrected chi connectivity index (χ3v) is 5.05. The fourth-order valence-electron chi connectivity index (χ4n) is 3.27. The second-order valence-electron chi connectivity index (χ2n) is 7.60. The first-order valence-corrected chi connectivity index (χ1v) is 10.8. The summed E-state index contributed by atoms with van der Waals surface area (Å²) < 4.78 is 10.6. The van der Waals surface area contributed by atoms with Gasteiger partial charge in [0.15, 0.2) is 0 Å². The van der Waals surface area contributed by atoms with Crippen molar-refractivity contribution in [1.82, 2.24) is 0 Å². The molecule has 0 bridgehead atoms. The number of aliphatic hydroxyl groups excluding tert-OH is 2. The van der Waals surface area contributed by atoms with E-state index in [0.717, 1.165) is 19.3 Å². The van der Waals surface area contributed by atoms with Gasteiger partial charge in [-0.05, 0) is 19.3 Å². The lowest BCUT2D eigenvalue weighted by Crippen LogP contribution is -2.21. The molecule has 0 radical (unpaired) electrons. The number of carbonyl (C=O) groups is 1. The van der Waals surface area contributed by atoms with Crippen molar-refractivity contribution in [3.8, 4) is 0 Å². The van der Waals surface area contributed by atoms with Crippen LogP contribution in [0, 0.1) is 0 Å². The molecule has 5 nitrogen and oxygen atoms in total. The Kier molecular flexibility index (Phi) is 13.9. The van der Waals surface area contributed by atoms with Gasteiger partial charge in [0.2, 0.25) is 0 Å². The van der Waals surface area contributed by atoms with E-state index >= 15 is 0 Å². The van der Waals surface area contributed by atoms with Crippen molar-refractivity contribution in [3.63, 3.8) is 0 Å². The molecule has 0 amide bonds. The van der Waals surface area contributed by atoms with Crippen molar-refractivity contribution in [2.45, 2.75) is 115 Å². The summed E-state index contributed by atoms with van der Waals surface area (Å²) in [7, 11) is 0. The topological polar surface area (TPSA) is 79.3 Å². The Hall–Kier alpha value is -0.650. The molecule has 154 valence electrons. The number of ether oxygens (including phenoxy) is 2. The van der Waals surface area contributed by atoms with E-state index in [-0.39, 0.29) is 19.2 Å². The quantitative estimate of drug-likeness (QED) is 0.215. The summed E-state index contributed by atoms with van der Waals surface area (Å²) in [5, 5.41) is 17.7. The minimum Gasteiger partial charge on any atom is -0.463 e. The molecule has 1 heterocycles. The van der Waals surface area contributed by atoms with Crippen LogP contribution in [0.15, 0.2) is 0 Å². The van der Waals surface area contributed by atoms with Crippen molar-refractivity contribution < 1.29 is 24.5 Å². The van der Waals surface area contributed by atoms with Gasteiger partial charge in [-0.2, -0.15) is 0 Å². The van der Waals surface area contributed by atoms with Crippen LogP contribution in [0.1, 0.15) is 96.8 Å². The van der Waals surface area contributed by atoms with Gasteiger partial charge in [0.05, 0.1) is 18.8 Å². The summed E-state index contributed by atoms with van der Waals surface area (Å²) in [6, 6.07) is 0. The van der Waals surface area contributed by atoms with Crippen LogP contribution in [0.25, 0.3) is 0 Å². The van der Waals surface area contributed by atoms with Crippen LogP contribution in [0.2, 0.25) is 0 Å². The Morgan fingerprint density at radius 1 is 0.923 bits per heavy atom. The first-order chi connectivity index (χ1) is 12.7. The zero-order chi connectivity index (χ0) is 19.0. The Morgan fingerprint density at radius 3 is 2.04 bits per heavy atom. The van der Waals surface area contributed by atoms with Gasteiger partial charge in [-0.25, -0.2) is 0 Å². The van der Waals surface area contributed by atoms with E-state index in [1.807, 2.05) is 0 Å². The van der Waals surface area contributed by atoms with Crippen molar-refractivity contribution in [2.75, 3.05) is 13.2 Å². The van der Waals surface area contributed by atoms with Gasteiger partial charge in [-0.3, -0.25) is 4.79 Å². The summed E-state index contributed by atoms with van der Waals surface area (Å²) >= 11 is 0. The van der Waals surface area contributed by atoms with Crippen molar-refractivity contribution >= 4 is 5.97 Å². The average molecular weight is 373 g/mol. The van der Waals surface area contributed by atoms with Crippen LogP contribution in [-0.2, 0) is 14.3 Å². The highest BCUT2D eigenvalue weighted by Gasteiger charge is 2.36. The fourth-order valence-corrected chi connectivity index (χ4v) is 3.27. The number of hydrogen-bond donors (Lipinski definition) is 2. The normalized spacial score (nSPS) is 20.1. The Morgan fingerprint density at radius 2 is 1.46 bits per heavy atom. The molecule has 1 saturated heterocycles. The average Bonchev–Trinajstić information content (AvgIpc) is 3.39. The lowest BCUT2D eigenvalue weighted by molar-refractivity contribution is -0.147. The van der Waals surface area contributed by atoms with Gasteiger partial charge in [0.1, 0.15) is 12.7 Å². The van der Waals surface area contributed by atoms with Gasteiger partial charge < -0.3 is 19.7 Å². The van der Waals surface area contributed by atoms with E-state index in [1.54, 1.807) is 0 Å². The molecule has 0 aromatic rings. The Bertz CT molecular complexity index is 347. The van der Waals surface area contributed by atoms with Crippen LogP contribution in [-0.4, -0.2) is 47.7 Å². The molecule has 3 atom stereocenters. The van der Waals surface area contributed by atoms with E-state index in [9.17, 15) is 4.79 Å². The molecule has 1 rings (SSSR count). The highest BCUT2D eigenvalue weighted by molar-refractivity contribution is 5.69. The van der Waals surface area contributed by atoms with E-state index in [1.165, 1.54) is 64.2 Å². The molecule has 1 aliphatic rings. The highest BCUT2D eigenvalue weighted by atomic mass is 16.6. The van der Waals surface area contributed by atoms with Crippen LogP contribution in [0.3, 0.4) is 0 Å². The van der Waals surface area contributed by atoms with Crippen LogP contribution in [0.4, 0.5) is 0 Å². The van der Waals surface area contributed by atoms with Gasteiger partial charge in [-0.1, -0.05) is 71.1 Å². The van der Waals surface area contributed by atoms with Gasteiger partial charge in [0.25, 0.3) is 0 Å². The zero-order valence-corrected chi connectivity index (χ0v) is 16.7. The molecule has 26 heavy (non-hydrogen) atoms. The minimum atomic E-state index is -0.964. The highest BCUT2D eigenvalue weighted by Crippen LogP contribution is 2.31. The van der Waals surface area contributed by atoms with Gasteiger partial charge >= 0.3 is 5.97 Å². The summed E-state index contributed by atoms with van der Waals surface area (Å²) in [5.41, 5.74) is 0. The molecule has 1 fully saturated rings. The maximum absolute atomic E-state index is 11.4. The summed E-state index contributed by atoms with van der Waals surface area (Å²) in [4.78, 5) is 11.4. The molecule has 5 heteroatoms. The molecular formula is C21H40O5. The molecule has 0 saturated carbocycles. The van der Waals surface area contributed by atoms with Gasteiger partial charge in [0, 0.05) is 6.42 Å². The standard InChI is InChI=1S/C21H40O5/c1-2-3-4-5-7-10-13-19-20(26-19)14-11-8-6-9-12-15-21(24)25-17-18(23)16-22/h18-20,22-23H,2-17H2,1H3/t18-,19?,20?/m1/s1. The molecule has 0 aliphatic carbocycles. The predicted octanol–water partition coefficient (Wildman–Crippen LogP) is 4.13. The van der Waals surface area contributed by atoms with E-state index in [0.29, 0.717) is 18.6 Å². The lowest BCUT2D eigenvalue weighted by atomic mass is 10.0. The number of epoxide rings is 1. The van der Waals surface area contributed by atoms with Crippen molar-refractivity contribution in [3.05, 3.63) is 0 Å². The third kappa shape index (κ3) is 12.7. The van der Waals surface area contributed by atoms with E-state index in [2.05, 4.69) is 6.92 Å². The van der Waals surface area contributed by atoms with Gasteiger partial charge in [-0.15, -0.1) is 0 Å². The number of unbranched alkanes of at least 4 members (excludes halogenated alkanes) is 9. The fraction of sp³-hybridized carbons (Fsp3) is 0.952. The van der Waals surface area contributed by atoms with Crippen LogP contribution in [0.5, 0.6) is 0 Å². The van der Waals surface area contributed by atoms with E-state index in [4.69, 9.17) is 19.7 Å². The van der Waals surface area contributed by atoms with Crippen LogP contribution >= 0.6 is 0 Å². The van der Waals surface area contributed by atoms with Crippen LogP contribution < -0.4 is 0 Å². The number of esters is 1. The molecule has 2 N–H and O–H groups in total. The van der Waals surface area contributed by atoms with Crippen molar-refractivity contribution in [1.29, 1.82) is 0 Å². The zero-order valence-electron chi connectivity index (χ0n) is 16.7. The SMILES string of the molecule is CCCCCCCCC1OC1CCCCCCCC(=O)OC[C@H](O)CO. The molecule has 0 spiro atoms. The second kappa shape index (κ2) is 15.4. The number of rotatable bonds is 18. The first-order valence-electron chi connectivity index (χ1n) is 10.8. The number of hydrogen-bond acceptors (Lipinski definition) is 5. The van der Waals surface area contributed by atoms with E-state index < -0.39 is 6.10 Å². The maximum atomic E-state index is 11.4. The monoisotopic (exact) mass is 372 g/mol. The molecule has 2 unspecified atom stereocenters.